The molecule has 0 aliphatic carbocycles. The second-order valence-electron chi connectivity index (χ2n) is 4.89. The number of hydrogen-bond donors (Lipinski definition) is 1. The van der Waals surface area contributed by atoms with Crippen molar-refractivity contribution in [3.8, 4) is 0 Å². The fourth-order valence-electron chi connectivity index (χ4n) is 1.94. The molecule has 2 aromatic carbocycles. The normalized spacial score (nSPS) is 11.1. The maximum Gasteiger partial charge on any atom is 0.225 e. The van der Waals surface area contributed by atoms with Gasteiger partial charge in [-0.2, -0.15) is 0 Å². The fourth-order valence-corrected chi connectivity index (χ4v) is 3.28. The second-order valence-corrected chi connectivity index (χ2v) is 7.07. The molecule has 2 aromatic rings. The van der Waals surface area contributed by atoms with Gasteiger partial charge in [-0.05, 0) is 23.8 Å². The van der Waals surface area contributed by atoms with Crippen molar-refractivity contribution >= 4 is 21.4 Å². The summed E-state index contributed by atoms with van der Waals surface area (Å²) >= 11 is 0. The molecule has 6 heteroatoms. The van der Waals surface area contributed by atoms with Crippen LogP contribution in [0.1, 0.15) is 12.0 Å². The third-order valence-electron chi connectivity index (χ3n) is 2.98. The number of hydrogen-bond acceptors (Lipinski definition) is 3. The monoisotopic (exact) mass is 321 g/mol. The standard InChI is InChI=1S/C16H16FNO3S/c17-14-7-4-8-15(11-14)18-16(19)9-10-22(20,21)12-13-5-2-1-3-6-13/h1-8,11H,9-10,12H2,(H,18,19). The molecule has 0 spiro atoms. The Morgan fingerprint density at radius 3 is 2.45 bits per heavy atom. The maximum atomic E-state index is 13.0. The summed E-state index contributed by atoms with van der Waals surface area (Å²) in [6.07, 6.45) is -0.161. The van der Waals surface area contributed by atoms with E-state index in [1.54, 1.807) is 30.3 Å². The smallest absolute Gasteiger partial charge is 0.225 e. The number of nitrogens with one attached hydrogen (secondary N) is 1. The average molecular weight is 321 g/mol. The van der Waals surface area contributed by atoms with Crippen LogP contribution in [0.5, 0.6) is 0 Å². The van der Waals surface area contributed by atoms with Gasteiger partial charge in [0.25, 0.3) is 0 Å². The van der Waals surface area contributed by atoms with Crippen LogP contribution in [0.25, 0.3) is 0 Å². The molecule has 2 rings (SSSR count). The third-order valence-corrected chi connectivity index (χ3v) is 4.58. The van der Waals surface area contributed by atoms with Crippen molar-refractivity contribution in [1.82, 2.24) is 0 Å². The summed E-state index contributed by atoms with van der Waals surface area (Å²) in [5.41, 5.74) is 0.999. The number of carbonyl (C=O) groups is 1. The van der Waals surface area contributed by atoms with Crippen LogP contribution >= 0.6 is 0 Å². The Bertz CT molecular complexity index is 745. The molecule has 22 heavy (non-hydrogen) atoms. The minimum absolute atomic E-state index is 0.0961. The van der Waals surface area contributed by atoms with Crippen molar-refractivity contribution in [3.05, 3.63) is 66.0 Å². The summed E-state index contributed by atoms with van der Waals surface area (Å²) in [6.45, 7) is 0. The first kappa shape index (κ1) is 16.2. The molecule has 0 saturated carbocycles. The molecule has 0 radical (unpaired) electrons. The largest absolute Gasteiger partial charge is 0.326 e. The Morgan fingerprint density at radius 2 is 1.77 bits per heavy atom. The summed E-state index contributed by atoms with van der Waals surface area (Å²) in [6, 6.07) is 14.2. The lowest BCUT2D eigenvalue weighted by Gasteiger charge is -2.06. The van der Waals surface area contributed by atoms with Crippen LogP contribution in [0.2, 0.25) is 0 Å². The van der Waals surface area contributed by atoms with E-state index in [0.717, 1.165) is 0 Å². The van der Waals surface area contributed by atoms with Gasteiger partial charge in [0.15, 0.2) is 9.84 Å². The van der Waals surface area contributed by atoms with Crippen LogP contribution in [0.4, 0.5) is 10.1 Å². The van der Waals surface area contributed by atoms with E-state index in [-0.39, 0.29) is 17.9 Å². The quantitative estimate of drug-likeness (QED) is 0.890. The first-order valence-electron chi connectivity index (χ1n) is 6.74. The van der Waals surface area contributed by atoms with Crippen molar-refractivity contribution in [2.24, 2.45) is 0 Å². The van der Waals surface area contributed by atoms with Crippen molar-refractivity contribution in [1.29, 1.82) is 0 Å². The predicted octanol–water partition coefficient (Wildman–Crippen LogP) is 2.77. The van der Waals surface area contributed by atoms with Gasteiger partial charge in [0.2, 0.25) is 5.91 Å². The van der Waals surface area contributed by atoms with Crippen molar-refractivity contribution in [2.75, 3.05) is 11.1 Å². The molecule has 0 bridgehead atoms. The van der Waals surface area contributed by atoms with Gasteiger partial charge in [0.1, 0.15) is 5.82 Å². The molecule has 1 N–H and O–H groups in total. The molecule has 1 amide bonds. The van der Waals surface area contributed by atoms with E-state index in [1.165, 1.54) is 18.2 Å². The molecule has 0 heterocycles. The highest BCUT2D eigenvalue weighted by Gasteiger charge is 2.14. The second kappa shape index (κ2) is 7.17. The van der Waals surface area contributed by atoms with Gasteiger partial charge in [-0.15, -0.1) is 0 Å². The number of amides is 1. The Balaban J connectivity index is 1.87. The van der Waals surface area contributed by atoms with Crippen LogP contribution < -0.4 is 5.32 Å². The number of benzene rings is 2. The number of halogens is 1. The van der Waals surface area contributed by atoms with Crippen molar-refractivity contribution in [2.45, 2.75) is 12.2 Å². The van der Waals surface area contributed by atoms with Gasteiger partial charge >= 0.3 is 0 Å². The highest BCUT2D eigenvalue weighted by molar-refractivity contribution is 7.90. The van der Waals surface area contributed by atoms with Gasteiger partial charge in [0.05, 0.1) is 11.5 Å². The van der Waals surface area contributed by atoms with Crippen molar-refractivity contribution in [3.63, 3.8) is 0 Å². The average Bonchev–Trinajstić information content (AvgIpc) is 2.46. The molecule has 0 atom stereocenters. The highest BCUT2D eigenvalue weighted by atomic mass is 32.2. The van der Waals surface area contributed by atoms with E-state index in [0.29, 0.717) is 11.3 Å². The SMILES string of the molecule is O=C(CCS(=O)(=O)Cc1ccccc1)Nc1cccc(F)c1. The molecule has 0 saturated heterocycles. The first-order chi connectivity index (χ1) is 10.4. The molecule has 0 aliphatic heterocycles. The lowest BCUT2D eigenvalue weighted by molar-refractivity contribution is -0.115. The predicted molar refractivity (Wildman–Crippen MR) is 83.6 cm³/mol. The third kappa shape index (κ3) is 5.29. The number of rotatable bonds is 6. The zero-order valence-electron chi connectivity index (χ0n) is 11.8. The molecule has 4 nitrogen and oxygen atoms in total. The van der Waals surface area contributed by atoms with Crippen LogP contribution in [-0.4, -0.2) is 20.1 Å². The summed E-state index contributed by atoms with van der Waals surface area (Å²) in [4.78, 5) is 11.7. The minimum Gasteiger partial charge on any atom is -0.326 e. The van der Waals surface area contributed by atoms with Crippen LogP contribution in [0.15, 0.2) is 54.6 Å². The van der Waals surface area contributed by atoms with E-state index >= 15 is 0 Å². The van der Waals surface area contributed by atoms with E-state index < -0.39 is 21.6 Å². The summed E-state index contributed by atoms with van der Waals surface area (Å²) in [5, 5.41) is 2.48. The summed E-state index contributed by atoms with van der Waals surface area (Å²) in [5.74, 6) is -1.26. The lowest BCUT2D eigenvalue weighted by atomic mass is 10.2. The first-order valence-corrected chi connectivity index (χ1v) is 8.56. The molecule has 116 valence electrons. The molecule has 0 fully saturated rings. The van der Waals surface area contributed by atoms with E-state index in [9.17, 15) is 17.6 Å². The van der Waals surface area contributed by atoms with Crippen LogP contribution in [0, 0.1) is 5.82 Å². The van der Waals surface area contributed by atoms with Crippen LogP contribution in [0.3, 0.4) is 0 Å². The zero-order valence-corrected chi connectivity index (χ0v) is 12.6. The molecule has 0 aromatic heterocycles. The molecular formula is C16H16FNO3S. The van der Waals surface area contributed by atoms with Gasteiger partial charge in [-0.1, -0.05) is 36.4 Å². The number of carbonyl (C=O) groups excluding carboxylic acids is 1. The zero-order chi connectivity index (χ0) is 16.0. The van der Waals surface area contributed by atoms with E-state index in [2.05, 4.69) is 5.32 Å². The van der Waals surface area contributed by atoms with Gasteiger partial charge in [-0.3, -0.25) is 4.79 Å². The lowest BCUT2D eigenvalue weighted by Crippen LogP contribution is -2.18. The molecular weight excluding hydrogens is 305 g/mol. The number of sulfone groups is 1. The van der Waals surface area contributed by atoms with E-state index in [4.69, 9.17) is 0 Å². The molecule has 0 unspecified atom stereocenters. The van der Waals surface area contributed by atoms with Gasteiger partial charge in [-0.25, -0.2) is 12.8 Å². The maximum absolute atomic E-state index is 13.0. The Morgan fingerprint density at radius 1 is 1.05 bits per heavy atom. The topological polar surface area (TPSA) is 63.2 Å². The Labute approximate surface area is 128 Å². The summed E-state index contributed by atoms with van der Waals surface area (Å²) in [7, 11) is -3.37. The van der Waals surface area contributed by atoms with Gasteiger partial charge in [0, 0.05) is 12.1 Å². The molecule has 0 aliphatic rings. The van der Waals surface area contributed by atoms with Crippen LogP contribution in [-0.2, 0) is 20.4 Å². The number of anilines is 1. The summed E-state index contributed by atoms with van der Waals surface area (Å²) < 4.78 is 36.9. The minimum atomic E-state index is -3.37. The fraction of sp³-hybridized carbons (Fsp3) is 0.188. The Hall–Kier alpha value is -2.21. The van der Waals surface area contributed by atoms with E-state index in [1.807, 2.05) is 6.07 Å². The van der Waals surface area contributed by atoms with Gasteiger partial charge < -0.3 is 5.32 Å². The van der Waals surface area contributed by atoms with Crippen molar-refractivity contribution < 1.29 is 17.6 Å². The Kier molecular flexibility index (Phi) is 5.27. The highest BCUT2D eigenvalue weighted by Crippen LogP contribution is 2.11.